The van der Waals surface area contributed by atoms with Gasteiger partial charge in [0.25, 0.3) is 6.43 Å². The number of amides is 3. The fraction of sp³-hybridized carbons (Fsp3) is 0.591. The van der Waals surface area contributed by atoms with Gasteiger partial charge in [0, 0.05) is 51.3 Å². The maximum Gasteiger partial charge on any atom is 0.414 e. The molecular weight excluding hydrogens is 490 g/mol. The molecule has 1 atom stereocenters. The Hall–Kier alpha value is -3.13. The Labute approximate surface area is 204 Å². The minimum absolute atomic E-state index is 0.0847. The number of carbonyl (C=O) groups is 3. The molecule has 0 aliphatic carbocycles. The van der Waals surface area contributed by atoms with Crippen molar-refractivity contribution >= 4 is 29.3 Å². The van der Waals surface area contributed by atoms with E-state index >= 15 is 8.78 Å². The molecule has 0 unspecified atom stereocenters. The van der Waals surface area contributed by atoms with Crippen LogP contribution in [0.2, 0.25) is 0 Å². The second kappa shape index (κ2) is 11.3. The van der Waals surface area contributed by atoms with Crippen LogP contribution in [-0.2, 0) is 14.3 Å². The molecule has 0 bridgehead atoms. The van der Waals surface area contributed by atoms with Gasteiger partial charge in [-0.05, 0) is 6.42 Å². The second-order valence-corrected chi connectivity index (χ2v) is 8.61. The predicted molar refractivity (Wildman–Crippen MR) is 119 cm³/mol. The van der Waals surface area contributed by atoms with Crippen LogP contribution >= 0.6 is 0 Å². The van der Waals surface area contributed by atoms with Crippen LogP contribution in [0.4, 0.5) is 38.5 Å². The lowest BCUT2D eigenvalue weighted by Gasteiger charge is -2.32. The lowest BCUT2D eigenvalue weighted by Crippen LogP contribution is -2.53. The number of halogens is 4. The first kappa shape index (κ1) is 25.9. The molecule has 36 heavy (non-hydrogen) atoms. The molecule has 1 N–H and O–H groups in total. The van der Waals surface area contributed by atoms with E-state index in [-0.39, 0.29) is 56.6 Å². The summed E-state index contributed by atoms with van der Waals surface area (Å²) in [5.74, 6) is -3.06. The van der Waals surface area contributed by atoms with E-state index in [0.717, 1.165) is 17.0 Å². The number of hydrazine groups is 1. The molecule has 0 saturated carbocycles. The van der Waals surface area contributed by atoms with Crippen LogP contribution in [-0.4, -0.2) is 99.4 Å². The number of nitrogens with one attached hydrogen (secondary N) is 1. The van der Waals surface area contributed by atoms with Crippen LogP contribution in [0.25, 0.3) is 0 Å². The topological polar surface area (TPSA) is 94.7 Å². The van der Waals surface area contributed by atoms with Gasteiger partial charge in [0.15, 0.2) is 17.4 Å². The number of rotatable bonds is 6. The lowest BCUT2D eigenvalue weighted by atomic mass is 10.1. The number of carbonyl (C=O) groups excluding carboxylic acids is 3. The molecule has 4 rings (SSSR count). The van der Waals surface area contributed by atoms with Crippen molar-refractivity contribution in [3.05, 3.63) is 23.8 Å². The van der Waals surface area contributed by atoms with Gasteiger partial charge < -0.3 is 19.3 Å². The number of cyclic esters (lactones) is 1. The Kier molecular flexibility index (Phi) is 8.14. The van der Waals surface area contributed by atoms with E-state index in [1.165, 1.54) is 9.91 Å². The third-order valence-electron chi connectivity index (χ3n) is 6.25. The van der Waals surface area contributed by atoms with Gasteiger partial charge in [-0.1, -0.05) is 0 Å². The highest BCUT2D eigenvalue weighted by atomic mass is 19.3. The monoisotopic (exact) mass is 517 g/mol. The number of nitrogens with zero attached hydrogens (tertiary/aromatic N) is 4. The summed E-state index contributed by atoms with van der Waals surface area (Å²) in [5, 5.41) is 1.43. The van der Waals surface area contributed by atoms with Crippen LogP contribution in [0.3, 0.4) is 0 Å². The molecule has 10 nitrogen and oxygen atoms in total. The van der Waals surface area contributed by atoms with Crippen molar-refractivity contribution in [1.82, 2.24) is 15.3 Å². The maximum atomic E-state index is 15.1. The van der Waals surface area contributed by atoms with E-state index < -0.39 is 42.5 Å². The number of Topliss-reactive ketones (excluding diaryl/α,β-unsaturated/α-hetero) is 1. The average molecular weight is 517 g/mol. The average Bonchev–Trinajstić information content (AvgIpc) is 3.06. The number of hydrogen-bond donors (Lipinski definition) is 1. The summed E-state index contributed by atoms with van der Waals surface area (Å²) >= 11 is 0. The third kappa shape index (κ3) is 5.81. The quantitative estimate of drug-likeness (QED) is 0.577. The summed E-state index contributed by atoms with van der Waals surface area (Å²) in [7, 11) is 0. The van der Waals surface area contributed by atoms with Gasteiger partial charge in [-0.25, -0.2) is 32.6 Å². The zero-order valence-corrected chi connectivity index (χ0v) is 19.4. The van der Waals surface area contributed by atoms with Gasteiger partial charge in [0.2, 0.25) is 0 Å². The Morgan fingerprint density at radius 3 is 2.42 bits per heavy atom. The summed E-state index contributed by atoms with van der Waals surface area (Å²) in [4.78, 5) is 40.2. The number of ether oxygens (including phenoxy) is 2. The zero-order valence-electron chi connectivity index (χ0n) is 19.4. The van der Waals surface area contributed by atoms with Gasteiger partial charge in [-0.2, -0.15) is 0 Å². The number of hydrogen-bond acceptors (Lipinski definition) is 7. The van der Waals surface area contributed by atoms with Crippen molar-refractivity contribution in [2.75, 3.05) is 68.8 Å². The van der Waals surface area contributed by atoms with E-state index in [0.29, 0.717) is 26.3 Å². The molecule has 3 aliphatic rings. The number of ketones is 1. The number of benzene rings is 1. The third-order valence-corrected chi connectivity index (χ3v) is 6.25. The van der Waals surface area contributed by atoms with E-state index in [2.05, 4.69) is 5.43 Å². The Morgan fingerprint density at radius 2 is 1.75 bits per heavy atom. The molecular formula is C22H27F4N5O5. The van der Waals surface area contributed by atoms with Crippen molar-refractivity contribution in [3.8, 4) is 0 Å². The van der Waals surface area contributed by atoms with Crippen molar-refractivity contribution in [3.63, 3.8) is 0 Å². The van der Waals surface area contributed by atoms with E-state index in [1.54, 1.807) is 4.90 Å². The van der Waals surface area contributed by atoms with Gasteiger partial charge >= 0.3 is 12.1 Å². The Bertz CT molecular complexity index is 971. The molecule has 14 heteroatoms. The van der Waals surface area contributed by atoms with Crippen molar-refractivity contribution < 1.29 is 41.4 Å². The molecule has 198 valence electrons. The maximum absolute atomic E-state index is 15.1. The van der Waals surface area contributed by atoms with Gasteiger partial charge in [-0.3, -0.25) is 14.7 Å². The van der Waals surface area contributed by atoms with Crippen LogP contribution < -0.4 is 15.2 Å². The lowest BCUT2D eigenvalue weighted by molar-refractivity contribution is -0.129. The minimum Gasteiger partial charge on any atom is -0.444 e. The summed E-state index contributed by atoms with van der Waals surface area (Å²) in [6.45, 7) is 2.57. The predicted octanol–water partition coefficient (Wildman–Crippen LogP) is 1.98. The van der Waals surface area contributed by atoms with E-state index in [4.69, 9.17) is 9.47 Å². The number of morpholine rings is 1. The highest BCUT2D eigenvalue weighted by Crippen LogP contribution is 2.32. The summed E-state index contributed by atoms with van der Waals surface area (Å²) in [6, 6.07) is 1.77. The van der Waals surface area contributed by atoms with Crippen molar-refractivity contribution in [2.45, 2.75) is 25.4 Å². The Morgan fingerprint density at radius 1 is 1.06 bits per heavy atom. The molecule has 1 aromatic carbocycles. The smallest absolute Gasteiger partial charge is 0.414 e. The van der Waals surface area contributed by atoms with Gasteiger partial charge in [0.1, 0.15) is 11.8 Å². The molecule has 3 amide bonds. The molecule has 1 aromatic rings. The molecule has 0 aromatic heterocycles. The first-order valence-electron chi connectivity index (χ1n) is 11.6. The van der Waals surface area contributed by atoms with Crippen molar-refractivity contribution in [1.29, 1.82) is 0 Å². The summed E-state index contributed by atoms with van der Waals surface area (Å²) in [6.07, 6.45) is -5.42. The number of urea groups is 1. The summed E-state index contributed by atoms with van der Waals surface area (Å²) in [5.41, 5.74) is 2.62. The second-order valence-electron chi connectivity index (χ2n) is 8.61. The SMILES string of the molecule is O=C(CC[C@H]1CN(c2cc(F)c(N3CCNN(C(=O)N4CCOCC4)CC3)c(F)c2)C(=O)O1)C(F)F. The first-order chi connectivity index (χ1) is 17.2. The normalized spacial score (nSPS) is 21.1. The summed E-state index contributed by atoms with van der Waals surface area (Å²) < 4.78 is 65.3. The van der Waals surface area contributed by atoms with E-state index in [9.17, 15) is 23.2 Å². The molecule has 0 spiro atoms. The van der Waals surface area contributed by atoms with Crippen LogP contribution in [0.15, 0.2) is 12.1 Å². The number of alkyl halides is 2. The highest BCUT2D eigenvalue weighted by molar-refractivity contribution is 5.90. The molecule has 3 heterocycles. The molecule has 0 radical (unpaired) electrons. The Balaban J connectivity index is 1.40. The molecule has 3 saturated heterocycles. The van der Waals surface area contributed by atoms with Crippen LogP contribution in [0.5, 0.6) is 0 Å². The fourth-order valence-electron chi connectivity index (χ4n) is 4.35. The largest absolute Gasteiger partial charge is 0.444 e. The standard InChI is InChI=1S/C22H27F4N5O5/c23-16-11-14(30-13-15(36-22(30)34)1-2-18(32)20(25)26)12-17(24)19(16)28-4-3-27-31(6-5-28)21(33)29-7-9-35-10-8-29/h11-12,15,20,27H,1-10,13H2/t15-/m0/s1. The zero-order chi connectivity index (χ0) is 25.8. The van der Waals surface area contributed by atoms with Gasteiger partial charge in [-0.15, -0.1) is 0 Å². The highest BCUT2D eigenvalue weighted by Gasteiger charge is 2.35. The van der Waals surface area contributed by atoms with Gasteiger partial charge in [0.05, 0.1) is 32.0 Å². The first-order valence-corrected chi connectivity index (χ1v) is 11.6. The van der Waals surface area contributed by atoms with Crippen molar-refractivity contribution in [2.24, 2.45) is 0 Å². The minimum atomic E-state index is -3.10. The van der Waals surface area contributed by atoms with E-state index in [1.807, 2.05) is 0 Å². The fourth-order valence-corrected chi connectivity index (χ4v) is 4.35. The molecule has 3 aliphatic heterocycles. The number of anilines is 2. The van der Waals surface area contributed by atoms with Crippen LogP contribution in [0, 0.1) is 11.6 Å². The van der Waals surface area contributed by atoms with Crippen LogP contribution in [0.1, 0.15) is 12.8 Å². The molecule has 3 fully saturated rings.